The van der Waals surface area contributed by atoms with Crippen molar-refractivity contribution >= 4 is 5.97 Å². The summed E-state index contributed by atoms with van der Waals surface area (Å²) in [6.45, 7) is 5.33. The summed E-state index contributed by atoms with van der Waals surface area (Å²) >= 11 is 0. The molecular formula is C44H84O4. The molecule has 0 aromatic rings. The van der Waals surface area contributed by atoms with Gasteiger partial charge in [-0.2, -0.15) is 0 Å². The Labute approximate surface area is 300 Å². The van der Waals surface area contributed by atoms with Gasteiger partial charge < -0.3 is 14.6 Å². The summed E-state index contributed by atoms with van der Waals surface area (Å²) in [5.74, 6) is -0.208. The highest BCUT2D eigenvalue weighted by atomic mass is 16.6. The van der Waals surface area contributed by atoms with E-state index in [1.165, 1.54) is 186 Å². The summed E-state index contributed by atoms with van der Waals surface area (Å²) in [7, 11) is 0. The number of aliphatic hydroxyl groups excluding tert-OH is 1. The Morgan fingerprint density at radius 1 is 0.479 bits per heavy atom. The normalized spacial score (nSPS) is 12.5. The van der Waals surface area contributed by atoms with Gasteiger partial charge in [0.05, 0.1) is 13.2 Å². The topological polar surface area (TPSA) is 55.8 Å². The Bertz CT molecular complexity index is 673. The van der Waals surface area contributed by atoms with Crippen molar-refractivity contribution in [1.82, 2.24) is 0 Å². The van der Waals surface area contributed by atoms with E-state index in [1.807, 2.05) is 0 Å². The monoisotopic (exact) mass is 677 g/mol. The molecule has 0 aliphatic carbocycles. The van der Waals surface area contributed by atoms with Crippen LogP contribution in [0.1, 0.15) is 226 Å². The summed E-state index contributed by atoms with van der Waals surface area (Å²) in [5, 5.41) is 9.58. The zero-order valence-electron chi connectivity index (χ0n) is 32.5. The number of hydrogen-bond donors (Lipinski definition) is 1. The second-order valence-corrected chi connectivity index (χ2v) is 14.4. The number of hydrogen-bond acceptors (Lipinski definition) is 4. The standard InChI is InChI=1S/C44H84O4/c1-3-5-7-9-11-13-15-17-18-19-20-21-22-23-24-25-26-27-28-30-32-34-36-38-40-47-42-43(41-45)48-44(46)39-37-35-33-31-29-16-14-12-10-8-6-4-2/h12,14,19-20,43,45H,3-11,13,15-18,21-42H2,1-2H3/b14-12-,20-19-. The van der Waals surface area contributed by atoms with E-state index < -0.39 is 6.10 Å². The van der Waals surface area contributed by atoms with Gasteiger partial charge >= 0.3 is 5.97 Å². The molecule has 4 nitrogen and oxygen atoms in total. The molecule has 0 aliphatic heterocycles. The van der Waals surface area contributed by atoms with Gasteiger partial charge in [0.15, 0.2) is 0 Å². The van der Waals surface area contributed by atoms with E-state index in [9.17, 15) is 9.90 Å². The summed E-state index contributed by atoms with van der Waals surface area (Å²) in [4.78, 5) is 12.1. The molecule has 0 aromatic carbocycles. The average molecular weight is 677 g/mol. The highest BCUT2D eigenvalue weighted by Gasteiger charge is 2.13. The van der Waals surface area contributed by atoms with Gasteiger partial charge in [-0.15, -0.1) is 0 Å². The number of unbranched alkanes of at least 4 members (excludes halogenated alkanes) is 28. The number of allylic oxidation sites excluding steroid dienone is 4. The van der Waals surface area contributed by atoms with Crippen molar-refractivity contribution in [1.29, 1.82) is 0 Å². The summed E-state index contributed by atoms with van der Waals surface area (Å²) in [6, 6.07) is 0. The van der Waals surface area contributed by atoms with Crippen molar-refractivity contribution in [2.45, 2.75) is 232 Å². The van der Waals surface area contributed by atoms with Gasteiger partial charge in [0.2, 0.25) is 0 Å². The van der Waals surface area contributed by atoms with Crippen molar-refractivity contribution < 1.29 is 19.4 Å². The molecule has 0 heterocycles. The molecule has 0 aliphatic rings. The van der Waals surface area contributed by atoms with Crippen LogP contribution in [-0.2, 0) is 14.3 Å². The SMILES string of the molecule is CCCCC/C=C\CCCCCCCC(=O)OC(CO)COCCCCCCCCCCCCCC/C=C\CCCCCCCCCC. The summed E-state index contributed by atoms with van der Waals surface area (Å²) in [5.41, 5.74) is 0. The highest BCUT2D eigenvalue weighted by molar-refractivity contribution is 5.69. The molecule has 4 heteroatoms. The smallest absolute Gasteiger partial charge is 0.306 e. The van der Waals surface area contributed by atoms with Gasteiger partial charge in [-0.25, -0.2) is 0 Å². The number of carbonyl (C=O) groups is 1. The molecule has 0 radical (unpaired) electrons. The fourth-order valence-corrected chi connectivity index (χ4v) is 6.26. The second-order valence-electron chi connectivity index (χ2n) is 14.4. The molecule has 1 atom stereocenters. The summed E-state index contributed by atoms with van der Waals surface area (Å²) in [6.07, 6.45) is 51.0. The quantitative estimate of drug-likeness (QED) is 0.0399. The third-order valence-electron chi connectivity index (χ3n) is 9.50. The number of aliphatic hydroxyl groups is 1. The van der Waals surface area contributed by atoms with E-state index >= 15 is 0 Å². The Morgan fingerprint density at radius 2 is 0.812 bits per heavy atom. The van der Waals surface area contributed by atoms with Crippen molar-refractivity contribution in [3.63, 3.8) is 0 Å². The van der Waals surface area contributed by atoms with Gasteiger partial charge in [0.1, 0.15) is 6.10 Å². The van der Waals surface area contributed by atoms with Crippen LogP contribution in [0.3, 0.4) is 0 Å². The molecule has 0 fully saturated rings. The fourth-order valence-electron chi connectivity index (χ4n) is 6.26. The predicted molar refractivity (Wildman–Crippen MR) is 210 cm³/mol. The highest BCUT2D eigenvalue weighted by Crippen LogP contribution is 2.14. The molecule has 0 bridgehead atoms. The third kappa shape index (κ3) is 39.3. The van der Waals surface area contributed by atoms with Crippen LogP contribution in [0.15, 0.2) is 24.3 Å². The molecule has 0 aromatic heterocycles. The van der Waals surface area contributed by atoms with E-state index in [0.29, 0.717) is 19.6 Å². The second kappa shape index (κ2) is 42.0. The lowest BCUT2D eigenvalue weighted by molar-refractivity contribution is -0.154. The Kier molecular flexibility index (Phi) is 41.0. The molecule has 284 valence electrons. The predicted octanol–water partition coefficient (Wildman–Crippen LogP) is 13.9. The van der Waals surface area contributed by atoms with Crippen LogP contribution in [0.5, 0.6) is 0 Å². The Morgan fingerprint density at radius 3 is 1.23 bits per heavy atom. The molecule has 1 unspecified atom stereocenters. The van der Waals surface area contributed by atoms with Crippen LogP contribution in [0.2, 0.25) is 0 Å². The van der Waals surface area contributed by atoms with Gasteiger partial charge in [0.25, 0.3) is 0 Å². The number of esters is 1. The van der Waals surface area contributed by atoms with Crippen molar-refractivity contribution in [3.05, 3.63) is 24.3 Å². The zero-order valence-corrected chi connectivity index (χ0v) is 32.5. The molecule has 1 N–H and O–H groups in total. The number of carbonyl (C=O) groups excluding carboxylic acids is 1. The lowest BCUT2D eigenvalue weighted by Gasteiger charge is -2.15. The van der Waals surface area contributed by atoms with Crippen molar-refractivity contribution in [3.8, 4) is 0 Å². The number of ether oxygens (including phenoxy) is 2. The number of rotatable bonds is 40. The Balaban J connectivity index is 3.37. The van der Waals surface area contributed by atoms with Gasteiger partial charge in [0, 0.05) is 13.0 Å². The molecule has 0 saturated carbocycles. The first-order valence-corrected chi connectivity index (χ1v) is 21.4. The van der Waals surface area contributed by atoms with E-state index in [1.54, 1.807) is 0 Å². The van der Waals surface area contributed by atoms with Crippen molar-refractivity contribution in [2.24, 2.45) is 0 Å². The van der Waals surface area contributed by atoms with Crippen LogP contribution in [-0.4, -0.2) is 37.0 Å². The molecule has 0 rings (SSSR count). The Hall–Kier alpha value is -1.13. The minimum absolute atomic E-state index is 0.172. The maximum absolute atomic E-state index is 12.1. The van der Waals surface area contributed by atoms with Gasteiger partial charge in [-0.05, 0) is 64.2 Å². The first-order chi connectivity index (χ1) is 23.7. The lowest BCUT2D eigenvalue weighted by Crippen LogP contribution is -2.27. The molecule has 0 spiro atoms. The maximum atomic E-state index is 12.1. The molecule has 48 heavy (non-hydrogen) atoms. The molecular weight excluding hydrogens is 592 g/mol. The first kappa shape index (κ1) is 46.9. The van der Waals surface area contributed by atoms with E-state index in [-0.39, 0.29) is 12.6 Å². The largest absolute Gasteiger partial charge is 0.457 e. The molecule has 0 saturated heterocycles. The fraction of sp³-hybridized carbons (Fsp3) is 0.886. The van der Waals surface area contributed by atoms with E-state index in [2.05, 4.69) is 38.2 Å². The lowest BCUT2D eigenvalue weighted by atomic mass is 10.0. The van der Waals surface area contributed by atoms with Crippen LogP contribution < -0.4 is 0 Å². The van der Waals surface area contributed by atoms with E-state index in [4.69, 9.17) is 9.47 Å². The average Bonchev–Trinajstić information content (AvgIpc) is 3.09. The van der Waals surface area contributed by atoms with Gasteiger partial charge in [-0.1, -0.05) is 179 Å². The maximum Gasteiger partial charge on any atom is 0.306 e. The van der Waals surface area contributed by atoms with Crippen LogP contribution in [0.25, 0.3) is 0 Å². The summed E-state index contributed by atoms with van der Waals surface area (Å²) < 4.78 is 11.1. The minimum atomic E-state index is -0.534. The third-order valence-corrected chi connectivity index (χ3v) is 9.50. The van der Waals surface area contributed by atoms with Crippen LogP contribution >= 0.6 is 0 Å². The zero-order chi connectivity index (χ0) is 34.9. The van der Waals surface area contributed by atoms with Crippen LogP contribution in [0, 0.1) is 0 Å². The first-order valence-electron chi connectivity index (χ1n) is 21.4. The minimum Gasteiger partial charge on any atom is -0.457 e. The van der Waals surface area contributed by atoms with Crippen molar-refractivity contribution in [2.75, 3.05) is 19.8 Å². The van der Waals surface area contributed by atoms with E-state index in [0.717, 1.165) is 19.3 Å². The van der Waals surface area contributed by atoms with Gasteiger partial charge in [-0.3, -0.25) is 4.79 Å². The van der Waals surface area contributed by atoms with Crippen LogP contribution in [0.4, 0.5) is 0 Å². The molecule has 0 amide bonds.